The summed E-state index contributed by atoms with van der Waals surface area (Å²) in [6, 6.07) is 3.00. The summed E-state index contributed by atoms with van der Waals surface area (Å²) in [4.78, 5) is 12.5. The third-order valence-electron chi connectivity index (χ3n) is 2.20. The molecule has 0 aliphatic carbocycles. The van der Waals surface area contributed by atoms with Crippen LogP contribution in [0.25, 0.3) is 0 Å². The highest BCUT2D eigenvalue weighted by molar-refractivity contribution is 7.99. The summed E-state index contributed by atoms with van der Waals surface area (Å²) in [5.41, 5.74) is 6.82. The van der Waals surface area contributed by atoms with Crippen molar-refractivity contribution in [2.24, 2.45) is 0 Å². The van der Waals surface area contributed by atoms with Gasteiger partial charge in [0.1, 0.15) is 5.75 Å². The number of aromatic hydroxyl groups is 1. The third-order valence-corrected chi connectivity index (χ3v) is 3.43. The SMILES string of the molecule is Nc1cc(O)cc2c1SCCCC2=O. The number of nitrogen functional groups attached to an aromatic ring is 1. The zero-order chi connectivity index (χ0) is 10.1. The van der Waals surface area contributed by atoms with E-state index in [4.69, 9.17) is 5.73 Å². The molecule has 0 fully saturated rings. The van der Waals surface area contributed by atoms with Crippen LogP contribution in [0.3, 0.4) is 0 Å². The predicted molar refractivity (Wildman–Crippen MR) is 56.8 cm³/mol. The van der Waals surface area contributed by atoms with Gasteiger partial charge in [-0.3, -0.25) is 4.79 Å². The van der Waals surface area contributed by atoms with E-state index in [1.807, 2.05) is 0 Å². The first kappa shape index (κ1) is 9.40. The quantitative estimate of drug-likeness (QED) is 0.642. The maximum absolute atomic E-state index is 11.6. The Hall–Kier alpha value is -1.16. The molecule has 0 atom stereocenters. The highest BCUT2D eigenvalue weighted by atomic mass is 32.2. The average Bonchev–Trinajstić information content (AvgIpc) is 2.29. The zero-order valence-electron chi connectivity index (χ0n) is 7.62. The number of hydrogen-bond acceptors (Lipinski definition) is 4. The molecule has 0 spiro atoms. The molecule has 74 valence electrons. The number of benzene rings is 1. The molecule has 4 heteroatoms. The van der Waals surface area contributed by atoms with Crippen molar-refractivity contribution in [3.05, 3.63) is 17.7 Å². The number of hydrogen-bond donors (Lipinski definition) is 2. The maximum Gasteiger partial charge on any atom is 0.164 e. The van der Waals surface area contributed by atoms with Crippen molar-refractivity contribution in [3.8, 4) is 5.75 Å². The van der Waals surface area contributed by atoms with Gasteiger partial charge < -0.3 is 10.8 Å². The van der Waals surface area contributed by atoms with Crippen LogP contribution in [0.4, 0.5) is 5.69 Å². The van der Waals surface area contributed by atoms with Crippen molar-refractivity contribution in [2.75, 3.05) is 11.5 Å². The van der Waals surface area contributed by atoms with Gasteiger partial charge in [0.05, 0.1) is 0 Å². The van der Waals surface area contributed by atoms with Crippen LogP contribution in [0.5, 0.6) is 5.75 Å². The fourth-order valence-corrected chi connectivity index (χ4v) is 2.59. The number of phenols is 1. The number of phenolic OH excluding ortho intramolecular Hbond substituents is 1. The van der Waals surface area contributed by atoms with E-state index in [9.17, 15) is 9.90 Å². The van der Waals surface area contributed by atoms with Crippen molar-refractivity contribution in [3.63, 3.8) is 0 Å². The lowest BCUT2D eigenvalue weighted by molar-refractivity contribution is 0.0980. The van der Waals surface area contributed by atoms with Crippen LogP contribution in [0, 0.1) is 0 Å². The first-order valence-electron chi connectivity index (χ1n) is 4.47. The van der Waals surface area contributed by atoms with Crippen molar-refractivity contribution in [1.82, 2.24) is 0 Å². The second kappa shape index (κ2) is 3.53. The molecule has 0 saturated carbocycles. The summed E-state index contributed by atoms with van der Waals surface area (Å²) in [5.74, 6) is 1.05. The van der Waals surface area contributed by atoms with Crippen molar-refractivity contribution in [1.29, 1.82) is 0 Å². The topological polar surface area (TPSA) is 63.3 Å². The van der Waals surface area contributed by atoms with Crippen LogP contribution < -0.4 is 5.73 Å². The van der Waals surface area contributed by atoms with Crippen molar-refractivity contribution in [2.45, 2.75) is 17.7 Å². The lowest BCUT2D eigenvalue weighted by Gasteiger charge is -2.07. The fraction of sp³-hybridized carbons (Fsp3) is 0.300. The number of ketones is 1. The summed E-state index contributed by atoms with van der Waals surface area (Å²) in [6.07, 6.45) is 1.42. The van der Waals surface area contributed by atoms with E-state index in [1.165, 1.54) is 12.1 Å². The average molecular weight is 209 g/mol. The number of nitrogens with two attached hydrogens (primary N) is 1. The van der Waals surface area contributed by atoms with Crippen molar-refractivity contribution < 1.29 is 9.90 Å². The van der Waals surface area contributed by atoms with Crippen LogP contribution >= 0.6 is 11.8 Å². The number of thioether (sulfide) groups is 1. The molecule has 0 aromatic heterocycles. The Morgan fingerprint density at radius 3 is 3.00 bits per heavy atom. The van der Waals surface area contributed by atoms with Crippen LogP contribution in [-0.4, -0.2) is 16.6 Å². The van der Waals surface area contributed by atoms with E-state index < -0.39 is 0 Å². The van der Waals surface area contributed by atoms with Gasteiger partial charge in [0.15, 0.2) is 5.78 Å². The smallest absolute Gasteiger partial charge is 0.164 e. The zero-order valence-corrected chi connectivity index (χ0v) is 8.43. The molecule has 0 amide bonds. The Morgan fingerprint density at radius 1 is 1.43 bits per heavy atom. The molecular weight excluding hydrogens is 198 g/mol. The van der Waals surface area contributed by atoms with Crippen LogP contribution in [0.1, 0.15) is 23.2 Å². The molecule has 14 heavy (non-hydrogen) atoms. The molecule has 1 aliphatic rings. The Labute approximate surface area is 86.3 Å². The molecular formula is C10H11NO2S. The van der Waals surface area contributed by atoms with Gasteiger partial charge in [-0.25, -0.2) is 0 Å². The summed E-state index contributed by atoms with van der Waals surface area (Å²) in [5, 5.41) is 9.34. The Morgan fingerprint density at radius 2 is 2.21 bits per heavy atom. The van der Waals surface area contributed by atoms with E-state index in [0.717, 1.165) is 17.1 Å². The molecule has 0 saturated heterocycles. The van der Waals surface area contributed by atoms with E-state index in [1.54, 1.807) is 11.8 Å². The number of rotatable bonds is 0. The van der Waals surface area contributed by atoms with Gasteiger partial charge >= 0.3 is 0 Å². The highest BCUT2D eigenvalue weighted by Crippen LogP contribution is 2.36. The highest BCUT2D eigenvalue weighted by Gasteiger charge is 2.18. The van der Waals surface area contributed by atoms with Gasteiger partial charge in [0, 0.05) is 28.6 Å². The second-order valence-corrected chi connectivity index (χ2v) is 4.39. The summed E-state index contributed by atoms with van der Waals surface area (Å²) in [7, 11) is 0. The molecule has 3 N–H and O–H groups in total. The van der Waals surface area contributed by atoms with E-state index >= 15 is 0 Å². The van der Waals surface area contributed by atoms with E-state index in [-0.39, 0.29) is 11.5 Å². The van der Waals surface area contributed by atoms with Gasteiger partial charge in [0.25, 0.3) is 0 Å². The van der Waals surface area contributed by atoms with Crippen LogP contribution in [0.2, 0.25) is 0 Å². The minimum absolute atomic E-state index is 0.0668. The molecule has 0 unspecified atom stereocenters. The number of carbonyl (C=O) groups is 1. The van der Waals surface area contributed by atoms with Gasteiger partial charge in [-0.2, -0.15) is 0 Å². The Bertz CT molecular complexity index is 390. The first-order chi connectivity index (χ1) is 6.68. The lowest BCUT2D eigenvalue weighted by atomic mass is 10.1. The Kier molecular flexibility index (Phi) is 2.37. The Balaban J connectivity index is 2.58. The molecule has 3 nitrogen and oxygen atoms in total. The van der Waals surface area contributed by atoms with Crippen molar-refractivity contribution >= 4 is 23.2 Å². The van der Waals surface area contributed by atoms with Crippen LogP contribution in [-0.2, 0) is 0 Å². The molecule has 1 aromatic carbocycles. The van der Waals surface area contributed by atoms with Gasteiger partial charge in [0.2, 0.25) is 0 Å². The number of anilines is 1. The second-order valence-electron chi connectivity index (χ2n) is 3.29. The fourth-order valence-electron chi connectivity index (χ4n) is 1.55. The molecule has 1 aromatic rings. The lowest BCUT2D eigenvalue weighted by Crippen LogP contribution is -2.00. The minimum Gasteiger partial charge on any atom is -0.508 e. The third kappa shape index (κ3) is 1.57. The molecule has 1 aliphatic heterocycles. The van der Waals surface area contributed by atoms with Crippen LogP contribution in [0.15, 0.2) is 17.0 Å². The molecule has 2 rings (SSSR count). The molecule has 1 heterocycles. The van der Waals surface area contributed by atoms with Gasteiger partial charge in [-0.05, 0) is 18.2 Å². The summed E-state index contributed by atoms with van der Waals surface area (Å²) in [6.45, 7) is 0. The predicted octanol–water partition coefficient (Wildman–Crippen LogP) is 2.04. The monoisotopic (exact) mass is 209 g/mol. The molecule has 0 radical (unpaired) electrons. The number of carbonyl (C=O) groups excluding carboxylic acids is 1. The van der Waals surface area contributed by atoms with Gasteiger partial charge in [-0.15, -0.1) is 11.8 Å². The van der Waals surface area contributed by atoms with Gasteiger partial charge in [-0.1, -0.05) is 0 Å². The number of fused-ring (bicyclic) bond motifs is 1. The maximum atomic E-state index is 11.6. The number of Topliss-reactive ketones (excluding diaryl/α,β-unsaturated/α-hetero) is 1. The van der Waals surface area contributed by atoms with E-state index in [2.05, 4.69) is 0 Å². The molecule has 0 bridgehead atoms. The summed E-state index contributed by atoms with van der Waals surface area (Å²) < 4.78 is 0. The van der Waals surface area contributed by atoms with E-state index in [0.29, 0.717) is 17.7 Å². The first-order valence-corrected chi connectivity index (χ1v) is 5.45. The summed E-state index contributed by atoms with van der Waals surface area (Å²) >= 11 is 1.59. The largest absolute Gasteiger partial charge is 0.508 e. The minimum atomic E-state index is 0.0668. The normalized spacial score (nSPS) is 16.1. The standard InChI is InChI=1S/C10H11NO2S/c11-8-5-6(12)4-7-9(13)2-1-3-14-10(7)8/h4-5,12H,1-3,11H2.